The van der Waals surface area contributed by atoms with Crippen molar-refractivity contribution in [2.24, 2.45) is 5.73 Å². The van der Waals surface area contributed by atoms with Crippen LogP contribution in [0.25, 0.3) is 11.6 Å². The highest BCUT2D eigenvalue weighted by atomic mass is 16.3. The molecule has 15 heavy (non-hydrogen) atoms. The molecule has 0 spiro atoms. The summed E-state index contributed by atoms with van der Waals surface area (Å²) in [6.45, 7) is 0.513. The van der Waals surface area contributed by atoms with Crippen LogP contribution in [-0.2, 0) is 6.54 Å². The molecule has 0 atom stereocenters. The summed E-state index contributed by atoms with van der Waals surface area (Å²) in [5, 5.41) is 0. The molecule has 2 aromatic rings. The van der Waals surface area contributed by atoms with Gasteiger partial charge in [-0.05, 0) is 25.0 Å². The summed E-state index contributed by atoms with van der Waals surface area (Å²) in [7, 11) is 0. The molecule has 78 valence electrons. The largest absolute Gasteiger partial charge is 0.461 e. The smallest absolute Gasteiger partial charge is 0.174 e. The highest BCUT2D eigenvalue weighted by Crippen LogP contribution is 2.41. The maximum atomic E-state index is 5.68. The predicted octanol–water partition coefficient (Wildman–Crippen LogP) is 2.01. The first kappa shape index (κ1) is 8.73. The molecule has 0 amide bonds. The molecule has 0 unspecified atom stereocenters. The van der Waals surface area contributed by atoms with E-state index in [1.165, 1.54) is 12.8 Å². The third-order valence-corrected chi connectivity index (χ3v) is 2.73. The SMILES string of the molecule is NCc1[nH]c(-c2ccco2)nc1C1CC1. The minimum atomic E-state index is 0.513. The lowest BCUT2D eigenvalue weighted by Crippen LogP contribution is -1.99. The van der Waals surface area contributed by atoms with Gasteiger partial charge in [-0.2, -0.15) is 0 Å². The van der Waals surface area contributed by atoms with Crippen LogP contribution < -0.4 is 5.73 Å². The third-order valence-electron chi connectivity index (χ3n) is 2.73. The zero-order chi connectivity index (χ0) is 10.3. The van der Waals surface area contributed by atoms with E-state index >= 15 is 0 Å². The van der Waals surface area contributed by atoms with Crippen molar-refractivity contribution in [2.75, 3.05) is 0 Å². The van der Waals surface area contributed by atoms with E-state index in [2.05, 4.69) is 9.97 Å². The number of nitrogens with one attached hydrogen (secondary N) is 1. The molecule has 0 bridgehead atoms. The molecule has 1 fully saturated rings. The summed E-state index contributed by atoms with van der Waals surface area (Å²) in [4.78, 5) is 7.78. The number of imidazole rings is 1. The van der Waals surface area contributed by atoms with Crippen molar-refractivity contribution in [1.29, 1.82) is 0 Å². The Morgan fingerprint density at radius 2 is 2.40 bits per heavy atom. The molecule has 0 radical (unpaired) electrons. The molecule has 1 aliphatic carbocycles. The van der Waals surface area contributed by atoms with Gasteiger partial charge in [0.05, 0.1) is 17.7 Å². The van der Waals surface area contributed by atoms with E-state index in [0.717, 1.165) is 23.0 Å². The Balaban J connectivity index is 2.03. The molecule has 1 aliphatic rings. The van der Waals surface area contributed by atoms with Crippen LogP contribution in [0.2, 0.25) is 0 Å². The second kappa shape index (κ2) is 3.24. The predicted molar refractivity (Wildman–Crippen MR) is 56.2 cm³/mol. The Morgan fingerprint density at radius 3 is 3.00 bits per heavy atom. The van der Waals surface area contributed by atoms with Crippen LogP contribution in [0.1, 0.15) is 30.1 Å². The first-order valence-electron chi connectivity index (χ1n) is 5.21. The standard InChI is InChI=1S/C11H13N3O/c12-6-8-10(7-3-4-7)14-11(13-8)9-2-1-5-15-9/h1-2,5,7H,3-4,6,12H2,(H,13,14). The minimum Gasteiger partial charge on any atom is -0.461 e. The van der Waals surface area contributed by atoms with Crippen molar-refractivity contribution in [2.45, 2.75) is 25.3 Å². The van der Waals surface area contributed by atoms with Crippen LogP contribution >= 0.6 is 0 Å². The quantitative estimate of drug-likeness (QED) is 0.801. The van der Waals surface area contributed by atoms with Gasteiger partial charge in [-0.25, -0.2) is 4.98 Å². The highest BCUT2D eigenvalue weighted by molar-refractivity contribution is 5.48. The molecule has 2 heterocycles. The van der Waals surface area contributed by atoms with Gasteiger partial charge in [0.1, 0.15) is 0 Å². The van der Waals surface area contributed by atoms with Gasteiger partial charge in [0.2, 0.25) is 0 Å². The molecule has 4 nitrogen and oxygen atoms in total. The lowest BCUT2D eigenvalue weighted by molar-refractivity contribution is 0.578. The summed E-state index contributed by atoms with van der Waals surface area (Å²) in [5.41, 5.74) is 7.85. The van der Waals surface area contributed by atoms with Gasteiger partial charge in [0.25, 0.3) is 0 Å². The minimum absolute atomic E-state index is 0.513. The fourth-order valence-corrected chi connectivity index (χ4v) is 1.80. The van der Waals surface area contributed by atoms with Gasteiger partial charge in [0, 0.05) is 12.5 Å². The first-order chi connectivity index (χ1) is 7.38. The summed E-state index contributed by atoms with van der Waals surface area (Å²) < 4.78 is 5.30. The third kappa shape index (κ3) is 1.47. The molecular formula is C11H13N3O. The molecule has 2 aromatic heterocycles. The fourth-order valence-electron chi connectivity index (χ4n) is 1.80. The van der Waals surface area contributed by atoms with Crippen LogP contribution in [0.5, 0.6) is 0 Å². The molecular weight excluding hydrogens is 190 g/mol. The maximum absolute atomic E-state index is 5.68. The molecule has 3 N–H and O–H groups in total. The zero-order valence-electron chi connectivity index (χ0n) is 8.36. The van der Waals surface area contributed by atoms with E-state index in [1.54, 1.807) is 6.26 Å². The number of hydrogen-bond acceptors (Lipinski definition) is 3. The molecule has 0 aromatic carbocycles. The van der Waals surface area contributed by atoms with E-state index in [-0.39, 0.29) is 0 Å². The summed E-state index contributed by atoms with van der Waals surface area (Å²) >= 11 is 0. The number of hydrogen-bond donors (Lipinski definition) is 2. The summed E-state index contributed by atoms with van der Waals surface area (Å²) in [6.07, 6.45) is 4.11. The Hall–Kier alpha value is -1.55. The number of H-pyrrole nitrogens is 1. The summed E-state index contributed by atoms with van der Waals surface area (Å²) in [6, 6.07) is 3.76. The Labute approximate surface area is 87.5 Å². The van der Waals surface area contributed by atoms with Gasteiger partial charge in [-0.1, -0.05) is 0 Å². The second-order valence-electron chi connectivity index (χ2n) is 3.90. The second-order valence-corrected chi connectivity index (χ2v) is 3.90. The molecule has 0 saturated heterocycles. The molecule has 0 aliphatic heterocycles. The number of nitrogens with zero attached hydrogens (tertiary/aromatic N) is 1. The van der Waals surface area contributed by atoms with Gasteiger partial charge in [-0.15, -0.1) is 0 Å². The van der Waals surface area contributed by atoms with Crippen LogP contribution in [0.15, 0.2) is 22.8 Å². The monoisotopic (exact) mass is 203 g/mol. The average molecular weight is 203 g/mol. The van der Waals surface area contributed by atoms with Gasteiger partial charge >= 0.3 is 0 Å². The lowest BCUT2D eigenvalue weighted by Gasteiger charge is -1.93. The number of nitrogens with two attached hydrogens (primary N) is 1. The molecule has 3 rings (SSSR count). The van der Waals surface area contributed by atoms with E-state index in [4.69, 9.17) is 10.2 Å². The lowest BCUT2D eigenvalue weighted by atomic mass is 10.2. The van der Waals surface area contributed by atoms with E-state index < -0.39 is 0 Å². The normalized spacial score (nSPS) is 15.8. The summed E-state index contributed by atoms with van der Waals surface area (Å²) in [5.74, 6) is 2.18. The van der Waals surface area contributed by atoms with E-state index in [0.29, 0.717) is 12.5 Å². The number of furan rings is 1. The van der Waals surface area contributed by atoms with Crippen molar-refractivity contribution >= 4 is 0 Å². The topological polar surface area (TPSA) is 67.8 Å². The van der Waals surface area contributed by atoms with Crippen LogP contribution in [-0.4, -0.2) is 9.97 Å². The molecule has 1 saturated carbocycles. The van der Waals surface area contributed by atoms with Gasteiger partial charge < -0.3 is 15.1 Å². The average Bonchev–Trinajstić information content (AvgIpc) is 2.83. The Kier molecular flexibility index (Phi) is 1.89. The van der Waals surface area contributed by atoms with Crippen molar-refractivity contribution in [1.82, 2.24) is 9.97 Å². The first-order valence-corrected chi connectivity index (χ1v) is 5.21. The molecule has 4 heteroatoms. The number of aromatic nitrogens is 2. The van der Waals surface area contributed by atoms with Crippen molar-refractivity contribution in [3.8, 4) is 11.6 Å². The highest BCUT2D eigenvalue weighted by Gasteiger charge is 2.29. The van der Waals surface area contributed by atoms with Crippen LogP contribution in [0, 0.1) is 0 Å². The van der Waals surface area contributed by atoms with Crippen LogP contribution in [0.4, 0.5) is 0 Å². The van der Waals surface area contributed by atoms with Crippen molar-refractivity contribution in [3.63, 3.8) is 0 Å². The Morgan fingerprint density at radius 1 is 1.53 bits per heavy atom. The van der Waals surface area contributed by atoms with Gasteiger partial charge in [-0.3, -0.25) is 0 Å². The number of rotatable bonds is 3. The Bertz CT molecular complexity index is 454. The fraction of sp³-hybridized carbons (Fsp3) is 0.364. The number of aromatic amines is 1. The maximum Gasteiger partial charge on any atom is 0.174 e. The van der Waals surface area contributed by atoms with Crippen molar-refractivity contribution < 1.29 is 4.42 Å². The van der Waals surface area contributed by atoms with Crippen LogP contribution in [0.3, 0.4) is 0 Å². The van der Waals surface area contributed by atoms with E-state index in [1.807, 2.05) is 12.1 Å². The van der Waals surface area contributed by atoms with Crippen molar-refractivity contribution in [3.05, 3.63) is 29.8 Å². The van der Waals surface area contributed by atoms with Gasteiger partial charge in [0.15, 0.2) is 11.6 Å². The zero-order valence-corrected chi connectivity index (χ0v) is 8.36. The van der Waals surface area contributed by atoms with E-state index in [9.17, 15) is 0 Å².